The molecular weight excluding hydrogens is 598 g/mol. The minimum Gasteiger partial charge on any atom is -0.462 e. The molecule has 2 fully saturated rings. The maximum absolute atomic E-state index is 14.8. The Balaban J connectivity index is 1.33. The van der Waals surface area contributed by atoms with Crippen LogP contribution in [0, 0.1) is 22.3 Å². The third kappa shape index (κ3) is 5.66. The molecule has 2 aromatic heterocycles. The van der Waals surface area contributed by atoms with E-state index in [2.05, 4.69) is 12.6 Å². The number of ether oxygens (including phenoxy) is 1. The molecule has 6 rings (SSSR count). The van der Waals surface area contributed by atoms with Gasteiger partial charge >= 0.3 is 6.01 Å². The molecule has 0 saturated carbocycles. The first-order chi connectivity index (χ1) is 21.1. The molecule has 232 valence electrons. The fraction of sp³-hybridized carbons (Fsp3) is 0.467. The highest BCUT2D eigenvalue weighted by molar-refractivity contribution is 7.17. The van der Waals surface area contributed by atoms with Crippen molar-refractivity contribution in [2.24, 2.45) is 0 Å². The Labute approximate surface area is 255 Å². The Morgan fingerprint density at radius 3 is 2.73 bits per heavy atom. The molecule has 0 spiro atoms. The molecule has 3 aliphatic rings. The Hall–Kier alpha value is -3.96. The van der Waals surface area contributed by atoms with E-state index in [0.29, 0.717) is 54.4 Å². The van der Waals surface area contributed by atoms with E-state index in [-0.39, 0.29) is 50.1 Å². The van der Waals surface area contributed by atoms with Crippen LogP contribution in [0.2, 0.25) is 0 Å². The van der Waals surface area contributed by atoms with Crippen LogP contribution in [0.5, 0.6) is 6.01 Å². The maximum atomic E-state index is 14.8. The number of carbonyl (C=O) groups is 1. The molecule has 0 N–H and O–H groups in total. The first kappa shape index (κ1) is 30.1. The van der Waals surface area contributed by atoms with E-state index in [0.717, 1.165) is 16.9 Å². The van der Waals surface area contributed by atoms with Crippen LogP contribution in [0.4, 0.5) is 29.1 Å². The molecule has 0 aliphatic carbocycles. The highest BCUT2D eigenvalue weighted by Gasteiger charge is 2.36. The summed E-state index contributed by atoms with van der Waals surface area (Å²) in [6.07, 6.45) is -0.136. The van der Waals surface area contributed by atoms with Crippen molar-refractivity contribution in [3.8, 4) is 12.1 Å². The van der Waals surface area contributed by atoms with E-state index in [1.807, 2.05) is 21.7 Å². The van der Waals surface area contributed by atoms with Crippen molar-refractivity contribution in [2.75, 3.05) is 56.2 Å². The molecule has 0 unspecified atom stereocenters. The van der Waals surface area contributed by atoms with Crippen LogP contribution in [-0.2, 0) is 17.8 Å². The van der Waals surface area contributed by atoms with E-state index in [1.165, 1.54) is 4.90 Å². The van der Waals surface area contributed by atoms with E-state index >= 15 is 0 Å². The quantitative estimate of drug-likeness (QED) is 0.282. The third-order valence-corrected chi connectivity index (χ3v) is 9.52. The summed E-state index contributed by atoms with van der Waals surface area (Å²) in [5.41, 5.74) is 2.03. The summed E-state index contributed by atoms with van der Waals surface area (Å²) >= 11 is 0.762. The lowest BCUT2D eigenvalue weighted by Gasteiger charge is -2.42. The van der Waals surface area contributed by atoms with Gasteiger partial charge in [0.15, 0.2) is 11.6 Å². The number of anilines is 2. The number of rotatable bonds is 7. The average Bonchev–Trinajstić information content (AvgIpc) is 3.50. The van der Waals surface area contributed by atoms with E-state index < -0.39 is 34.9 Å². The van der Waals surface area contributed by atoms with Gasteiger partial charge in [-0.25, -0.2) is 13.2 Å². The van der Waals surface area contributed by atoms with Crippen molar-refractivity contribution in [3.05, 3.63) is 52.8 Å². The fourth-order valence-electron chi connectivity index (χ4n) is 6.38. The second kappa shape index (κ2) is 12.2. The van der Waals surface area contributed by atoms with Gasteiger partial charge in [-0.3, -0.25) is 9.69 Å². The second-order valence-electron chi connectivity index (χ2n) is 11.4. The topological polar surface area (TPSA) is 88.8 Å². The standard InChI is InChI=1S/C30H31F4N7O2S/c1-17(31)29(42)41-11-10-40(14-19(41)6-8-35)28-21-7-9-39(23-4-3-5-24-25(23)26(33)27(34)44-24)15-22(21)36-30(37-28)43-16-20-12-18(32)13-38(20)2/h3-5,18-20H,1,6-7,9-16H2,2H3/t18-,19+,20+/m1/s1. The van der Waals surface area contributed by atoms with Crippen molar-refractivity contribution in [3.63, 3.8) is 0 Å². The second-order valence-corrected chi connectivity index (χ2v) is 12.4. The van der Waals surface area contributed by atoms with Crippen LogP contribution in [0.15, 0.2) is 30.6 Å². The molecule has 5 heterocycles. The summed E-state index contributed by atoms with van der Waals surface area (Å²) in [6.45, 7) is 5.08. The number of fused-ring (bicyclic) bond motifs is 2. The molecule has 9 nitrogen and oxygen atoms in total. The number of aromatic nitrogens is 2. The van der Waals surface area contributed by atoms with Gasteiger partial charge in [-0.2, -0.15) is 19.6 Å². The van der Waals surface area contributed by atoms with Gasteiger partial charge in [0.25, 0.3) is 5.91 Å². The molecule has 1 amide bonds. The zero-order chi connectivity index (χ0) is 31.1. The van der Waals surface area contributed by atoms with E-state index in [4.69, 9.17) is 14.7 Å². The largest absolute Gasteiger partial charge is 0.462 e. The summed E-state index contributed by atoms with van der Waals surface area (Å²) in [7, 11) is 1.83. The SMILES string of the molecule is C=C(F)C(=O)N1CCN(c2nc(OC[C@@H]3C[C@@H](F)CN3C)nc3c2CCN(c2cccc4sc(F)c(F)c24)C3)C[C@@H]1CC#N. The Morgan fingerprint density at radius 2 is 2.00 bits per heavy atom. The molecule has 3 aromatic rings. The summed E-state index contributed by atoms with van der Waals surface area (Å²) in [5, 5.41) is 8.81. The number of piperazine rings is 1. The van der Waals surface area contributed by atoms with Gasteiger partial charge in [0.1, 0.15) is 18.6 Å². The number of alkyl halides is 1. The summed E-state index contributed by atoms with van der Waals surface area (Å²) < 4.78 is 63.3. The Morgan fingerprint density at radius 1 is 1.18 bits per heavy atom. The van der Waals surface area contributed by atoms with Crippen LogP contribution in [0.1, 0.15) is 24.1 Å². The van der Waals surface area contributed by atoms with Gasteiger partial charge in [0, 0.05) is 54.7 Å². The number of hydrogen-bond donors (Lipinski definition) is 0. The van der Waals surface area contributed by atoms with Crippen LogP contribution in [0.25, 0.3) is 10.1 Å². The first-order valence-electron chi connectivity index (χ1n) is 14.4. The smallest absolute Gasteiger partial charge is 0.318 e. The van der Waals surface area contributed by atoms with Gasteiger partial charge in [-0.05, 0) is 32.0 Å². The number of hydrogen-bond acceptors (Lipinski definition) is 9. The van der Waals surface area contributed by atoms with Gasteiger partial charge in [0.2, 0.25) is 5.13 Å². The van der Waals surface area contributed by atoms with Crippen molar-refractivity contribution in [1.29, 1.82) is 5.26 Å². The highest BCUT2D eigenvalue weighted by atomic mass is 32.1. The zero-order valence-corrected chi connectivity index (χ0v) is 24.9. The van der Waals surface area contributed by atoms with Crippen LogP contribution in [0.3, 0.4) is 0 Å². The van der Waals surface area contributed by atoms with E-state index in [9.17, 15) is 27.6 Å². The zero-order valence-electron chi connectivity index (χ0n) is 24.1. The molecule has 14 heteroatoms. The lowest BCUT2D eigenvalue weighted by Crippen LogP contribution is -2.55. The van der Waals surface area contributed by atoms with Gasteiger partial charge in [-0.1, -0.05) is 12.6 Å². The number of thiophene rings is 1. The molecule has 1 aromatic carbocycles. The van der Waals surface area contributed by atoms with Gasteiger partial charge in [0.05, 0.1) is 36.2 Å². The van der Waals surface area contributed by atoms with E-state index in [1.54, 1.807) is 18.2 Å². The highest BCUT2D eigenvalue weighted by Crippen LogP contribution is 2.39. The number of nitriles is 1. The minimum absolute atomic E-state index is 0.00882. The van der Waals surface area contributed by atoms with Gasteiger partial charge in [-0.15, -0.1) is 11.3 Å². The van der Waals surface area contributed by atoms with Crippen LogP contribution < -0.4 is 14.5 Å². The summed E-state index contributed by atoms with van der Waals surface area (Å²) in [4.78, 5) is 29.0. The number of likely N-dealkylation sites (tertiary alicyclic amines) is 1. The lowest BCUT2D eigenvalue weighted by molar-refractivity contribution is -0.131. The summed E-state index contributed by atoms with van der Waals surface area (Å²) in [6, 6.07) is 6.64. The number of amides is 1. The number of nitrogens with zero attached hydrogens (tertiary/aromatic N) is 7. The normalized spacial score (nSPS) is 22.3. The first-order valence-corrected chi connectivity index (χ1v) is 15.2. The Bertz CT molecular complexity index is 1650. The van der Waals surface area contributed by atoms with Gasteiger partial charge < -0.3 is 19.4 Å². The molecule has 44 heavy (non-hydrogen) atoms. The molecule has 3 aliphatic heterocycles. The number of halogens is 4. The molecule has 2 saturated heterocycles. The predicted molar refractivity (Wildman–Crippen MR) is 158 cm³/mol. The third-order valence-electron chi connectivity index (χ3n) is 8.60. The minimum atomic E-state index is -1.08. The molecule has 3 atom stereocenters. The number of benzene rings is 1. The predicted octanol–water partition coefficient (Wildman–Crippen LogP) is 4.37. The summed E-state index contributed by atoms with van der Waals surface area (Å²) in [5.74, 6) is -2.22. The average molecular weight is 630 g/mol. The van der Waals surface area contributed by atoms with Crippen LogP contribution in [-0.4, -0.2) is 90.3 Å². The fourth-order valence-corrected chi connectivity index (χ4v) is 7.20. The molecule has 0 bridgehead atoms. The van der Waals surface area contributed by atoms with Crippen molar-refractivity contribution in [1.82, 2.24) is 19.8 Å². The monoisotopic (exact) mass is 629 g/mol. The lowest BCUT2D eigenvalue weighted by atomic mass is 10.0. The molecular formula is C30H31F4N7O2S. The van der Waals surface area contributed by atoms with Crippen molar-refractivity contribution >= 4 is 38.8 Å². The van der Waals surface area contributed by atoms with Crippen molar-refractivity contribution < 1.29 is 27.1 Å². The van der Waals surface area contributed by atoms with Crippen LogP contribution >= 0.6 is 11.3 Å². The molecule has 0 radical (unpaired) electrons. The maximum Gasteiger partial charge on any atom is 0.318 e. The number of carbonyl (C=O) groups excluding carboxylic acids is 1. The Kier molecular flexibility index (Phi) is 8.34. The van der Waals surface area contributed by atoms with Crippen molar-refractivity contribution in [2.45, 2.75) is 44.1 Å². The number of likely N-dealkylation sites (N-methyl/N-ethyl adjacent to an activating group) is 1.